The van der Waals surface area contributed by atoms with Gasteiger partial charge in [0, 0.05) is 24.8 Å². The summed E-state index contributed by atoms with van der Waals surface area (Å²) in [7, 11) is 0. The Morgan fingerprint density at radius 2 is 2.17 bits per heavy atom. The van der Waals surface area contributed by atoms with Crippen molar-refractivity contribution in [2.45, 2.75) is 12.6 Å². The molecular formula is C13H14N4O. The molecule has 2 aromatic rings. The average Bonchev–Trinajstić information content (AvgIpc) is 2.83. The van der Waals surface area contributed by atoms with E-state index in [0.717, 1.165) is 24.3 Å². The zero-order valence-corrected chi connectivity index (χ0v) is 9.84. The summed E-state index contributed by atoms with van der Waals surface area (Å²) >= 11 is 0. The Morgan fingerprint density at radius 1 is 1.39 bits per heavy atom. The summed E-state index contributed by atoms with van der Waals surface area (Å²) in [5, 5.41) is 3.08. The molecule has 92 valence electrons. The van der Waals surface area contributed by atoms with Gasteiger partial charge in [0.05, 0.1) is 5.69 Å². The van der Waals surface area contributed by atoms with E-state index in [1.807, 2.05) is 41.1 Å². The lowest BCUT2D eigenvalue weighted by molar-refractivity contribution is -0.120. The van der Waals surface area contributed by atoms with E-state index < -0.39 is 6.04 Å². The van der Waals surface area contributed by atoms with Crippen molar-refractivity contribution < 1.29 is 4.79 Å². The molecule has 0 bridgehead atoms. The molecule has 0 saturated heterocycles. The van der Waals surface area contributed by atoms with Crippen molar-refractivity contribution in [2.75, 3.05) is 6.54 Å². The smallest absolute Gasteiger partial charge is 0.242 e. The number of benzene rings is 1. The van der Waals surface area contributed by atoms with Crippen LogP contribution in [0.25, 0.3) is 11.3 Å². The first-order valence-corrected chi connectivity index (χ1v) is 5.91. The van der Waals surface area contributed by atoms with Crippen molar-refractivity contribution in [3.63, 3.8) is 0 Å². The molecule has 1 atom stereocenters. The molecule has 3 N–H and O–H groups in total. The Bertz CT molecular complexity index is 576. The van der Waals surface area contributed by atoms with Crippen LogP contribution >= 0.6 is 0 Å². The fourth-order valence-corrected chi connectivity index (χ4v) is 2.24. The second kappa shape index (κ2) is 4.27. The van der Waals surface area contributed by atoms with Crippen LogP contribution in [0.15, 0.2) is 36.5 Å². The standard InChI is InChI=1S/C13H14N4O/c14-12(18)11-13-16-10(8-17(13)7-6-15-11)9-4-2-1-3-5-9/h1-5,8,11,15H,6-7H2,(H2,14,18). The highest BCUT2D eigenvalue weighted by Crippen LogP contribution is 2.23. The van der Waals surface area contributed by atoms with Gasteiger partial charge in [-0.25, -0.2) is 4.98 Å². The molecule has 0 saturated carbocycles. The average molecular weight is 242 g/mol. The zero-order chi connectivity index (χ0) is 12.5. The molecule has 1 aromatic carbocycles. The van der Waals surface area contributed by atoms with Crippen molar-refractivity contribution in [1.29, 1.82) is 0 Å². The number of fused-ring (bicyclic) bond motifs is 1. The zero-order valence-electron chi connectivity index (χ0n) is 9.84. The molecule has 1 aromatic heterocycles. The fraction of sp³-hybridized carbons (Fsp3) is 0.231. The topological polar surface area (TPSA) is 72.9 Å². The minimum absolute atomic E-state index is 0.388. The third kappa shape index (κ3) is 1.78. The molecule has 18 heavy (non-hydrogen) atoms. The lowest BCUT2D eigenvalue weighted by atomic mass is 10.2. The first-order valence-electron chi connectivity index (χ1n) is 5.91. The molecule has 3 rings (SSSR count). The lowest BCUT2D eigenvalue weighted by Crippen LogP contribution is -2.41. The largest absolute Gasteiger partial charge is 0.368 e. The summed E-state index contributed by atoms with van der Waals surface area (Å²) < 4.78 is 1.99. The molecule has 0 fully saturated rings. The van der Waals surface area contributed by atoms with Crippen LogP contribution in [0.4, 0.5) is 0 Å². The maximum atomic E-state index is 11.4. The number of carbonyl (C=O) groups is 1. The van der Waals surface area contributed by atoms with Gasteiger partial charge in [0.15, 0.2) is 0 Å². The van der Waals surface area contributed by atoms with Gasteiger partial charge in [-0.2, -0.15) is 0 Å². The Hall–Kier alpha value is -2.14. The van der Waals surface area contributed by atoms with E-state index in [1.54, 1.807) is 0 Å². The predicted octanol–water partition coefficient (Wildman–Crippen LogP) is 0.680. The minimum atomic E-state index is -0.490. The van der Waals surface area contributed by atoms with Crippen LogP contribution < -0.4 is 11.1 Å². The number of hydrogen-bond donors (Lipinski definition) is 2. The molecule has 0 aliphatic carbocycles. The molecule has 1 amide bonds. The van der Waals surface area contributed by atoms with Crippen LogP contribution in [0.5, 0.6) is 0 Å². The van der Waals surface area contributed by atoms with Crippen LogP contribution in [0, 0.1) is 0 Å². The minimum Gasteiger partial charge on any atom is -0.368 e. The summed E-state index contributed by atoms with van der Waals surface area (Å²) in [5.41, 5.74) is 7.29. The molecule has 1 aliphatic heterocycles. The van der Waals surface area contributed by atoms with Crippen LogP contribution in [0.3, 0.4) is 0 Å². The van der Waals surface area contributed by atoms with Crippen molar-refractivity contribution in [3.05, 3.63) is 42.4 Å². The molecule has 1 aliphatic rings. The van der Waals surface area contributed by atoms with Crippen LogP contribution in [0.1, 0.15) is 11.9 Å². The monoisotopic (exact) mass is 242 g/mol. The predicted molar refractivity (Wildman–Crippen MR) is 67.6 cm³/mol. The van der Waals surface area contributed by atoms with Gasteiger partial charge in [0.2, 0.25) is 5.91 Å². The SMILES string of the molecule is NC(=O)C1NCCn2cc(-c3ccccc3)nc21. The second-order valence-corrected chi connectivity index (χ2v) is 4.33. The third-order valence-corrected chi connectivity index (χ3v) is 3.12. The number of nitrogens with one attached hydrogen (secondary N) is 1. The molecule has 5 heteroatoms. The number of hydrogen-bond acceptors (Lipinski definition) is 3. The Kier molecular flexibility index (Phi) is 2.60. The van der Waals surface area contributed by atoms with Crippen molar-refractivity contribution in [3.8, 4) is 11.3 Å². The van der Waals surface area contributed by atoms with Crippen molar-refractivity contribution in [2.24, 2.45) is 5.73 Å². The van der Waals surface area contributed by atoms with Crippen LogP contribution in [-0.2, 0) is 11.3 Å². The maximum Gasteiger partial charge on any atom is 0.242 e. The number of rotatable bonds is 2. The van der Waals surface area contributed by atoms with Crippen LogP contribution in [0.2, 0.25) is 0 Å². The number of primary amides is 1. The lowest BCUT2D eigenvalue weighted by Gasteiger charge is -2.21. The highest BCUT2D eigenvalue weighted by molar-refractivity contribution is 5.81. The number of amides is 1. The van der Waals surface area contributed by atoms with Gasteiger partial charge in [-0.1, -0.05) is 30.3 Å². The number of nitrogens with two attached hydrogens (primary N) is 1. The highest BCUT2D eigenvalue weighted by atomic mass is 16.1. The normalized spacial score (nSPS) is 18.3. The quantitative estimate of drug-likeness (QED) is 0.813. The van der Waals surface area contributed by atoms with Gasteiger partial charge in [0.1, 0.15) is 11.9 Å². The fourth-order valence-electron chi connectivity index (χ4n) is 2.24. The van der Waals surface area contributed by atoms with E-state index in [1.165, 1.54) is 0 Å². The molecular weight excluding hydrogens is 228 g/mol. The van der Waals surface area contributed by atoms with E-state index in [-0.39, 0.29) is 5.91 Å². The summed E-state index contributed by atoms with van der Waals surface area (Å²) in [6, 6.07) is 9.42. The Balaban J connectivity index is 2.04. The molecule has 0 radical (unpaired) electrons. The maximum absolute atomic E-state index is 11.4. The highest BCUT2D eigenvalue weighted by Gasteiger charge is 2.26. The van der Waals surface area contributed by atoms with Crippen molar-refractivity contribution >= 4 is 5.91 Å². The van der Waals surface area contributed by atoms with Gasteiger partial charge in [-0.3, -0.25) is 10.1 Å². The summed E-state index contributed by atoms with van der Waals surface area (Å²) in [4.78, 5) is 15.9. The summed E-state index contributed by atoms with van der Waals surface area (Å²) in [5.74, 6) is 0.314. The number of aromatic nitrogens is 2. The number of nitrogens with zero attached hydrogens (tertiary/aromatic N) is 2. The van der Waals surface area contributed by atoms with Gasteiger partial charge in [0.25, 0.3) is 0 Å². The van der Waals surface area contributed by atoms with E-state index in [9.17, 15) is 4.79 Å². The van der Waals surface area contributed by atoms with Crippen molar-refractivity contribution in [1.82, 2.24) is 14.9 Å². The van der Waals surface area contributed by atoms with Crippen LogP contribution in [-0.4, -0.2) is 22.0 Å². The van der Waals surface area contributed by atoms with Gasteiger partial charge in [-0.05, 0) is 0 Å². The van der Waals surface area contributed by atoms with E-state index in [0.29, 0.717) is 5.82 Å². The third-order valence-electron chi connectivity index (χ3n) is 3.12. The molecule has 1 unspecified atom stereocenters. The van der Waals surface area contributed by atoms with Gasteiger partial charge >= 0.3 is 0 Å². The first kappa shape index (κ1) is 11.0. The second-order valence-electron chi connectivity index (χ2n) is 4.33. The Morgan fingerprint density at radius 3 is 2.89 bits per heavy atom. The van der Waals surface area contributed by atoms with E-state index in [4.69, 9.17) is 5.73 Å². The van der Waals surface area contributed by atoms with Gasteiger partial charge in [-0.15, -0.1) is 0 Å². The van der Waals surface area contributed by atoms with E-state index in [2.05, 4.69) is 10.3 Å². The summed E-state index contributed by atoms with van der Waals surface area (Å²) in [6.45, 7) is 1.53. The number of carbonyl (C=O) groups excluding carboxylic acids is 1. The van der Waals surface area contributed by atoms with E-state index >= 15 is 0 Å². The molecule has 5 nitrogen and oxygen atoms in total. The van der Waals surface area contributed by atoms with Gasteiger partial charge < -0.3 is 10.3 Å². The molecule has 0 spiro atoms. The Labute approximate surface area is 105 Å². The first-order chi connectivity index (χ1) is 8.75. The number of imidazole rings is 1. The molecule has 2 heterocycles. The summed E-state index contributed by atoms with van der Waals surface area (Å²) in [6.07, 6.45) is 1.97.